The summed E-state index contributed by atoms with van der Waals surface area (Å²) in [6.07, 6.45) is 12.3. The highest BCUT2D eigenvalue weighted by Crippen LogP contribution is 2.38. The van der Waals surface area contributed by atoms with E-state index in [0.29, 0.717) is 5.92 Å². The van der Waals surface area contributed by atoms with Crippen molar-refractivity contribution in [3.63, 3.8) is 0 Å². The Bertz CT molecular complexity index is 409. The maximum atomic E-state index is 5.41. The van der Waals surface area contributed by atoms with E-state index in [-0.39, 0.29) is 5.41 Å². The van der Waals surface area contributed by atoms with Crippen molar-refractivity contribution in [1.82, 2.24) is 5.16 Å². The molecule has 0 aromatic carbocycles. The molecule has 1 atom stereocenters. The lowest BCUT2D eigenvalue weighted by molar-refractivity contribution is -0.0537. The molecule has 0 saturated carbocycles. The summed E-state index contributed by atoms with van der Waals surface area (Å²) in [7, 11) is 0. The van der Waals surface area contributed by atoms with Gasteiger partial charge in [0.25, 0.3) is 0 Å². The fourth-order valence-electron chi connectivity index (χ4n) is 3.26. The lowest BCUT2D eigenvalue weighted by Gasteiger charge is -2.37. The molecule has 21 heavy (non-hydrogen) atoms. The minimum atomic E-state index is 0.0796. The van der Waals surface area contributed by atoms with Crippen molar-refractivity contribution in [1.29, 1.82) is 0 Å². The molecule has 2 heterocycles. The second-order valence-electron chi connectivity index (χ2n) is 6.86. The highest BCUT2D eigenvalue weighted by Gasteiger charge is 2.40. The van der Waals surface area contributed by atoms with E-state index in [1.54, 1.807) is 0 Å². The highest BCUT2D eigenvalue weighted by atomic mass is 16.5. The first kappa shape index (κ1) is 16.5. The minimum absolute atomic E-state index is 0.0796. The summed E-state index contributed by atoms with van der Waals surface area (Å²) >= 11 is 0. The molecule has 3 heteroatoms. The van der Waals surface area contributed by atoms with Crippen molar-refractivity contribution in [2.24, 2.45) is 0 Å². The zero-order valence-electron chi connectivity index (χ0n) is 14.0. The number of rotatable bonds is 10. The number of ether oxygens (including phenoxy) is 1. The molecule has 2 rings (SSSR count). The molecule has 3 nitrogen and oxygen atoms in total. The minimum Gasteiger partial charge on any atom is -0.379 e. The van der Waals surface area contributed by atoms with Gasteiger partial charge in [-0.15, -0.1) is 0 Å². The first-order valence-electron chi connectivity index (χ1n) is 8.73. The topological polar surface area (TPSA) is 35.3 Å². The predicted octanol–water partition coefficient (Wildman–Crippen LogP) is 5.21. The largest absolute Gasteiger partial charge is 0.379 e. The van der Waals surface area contributed by atoms with Crippen LogP contribution in [0.25, 0.3) is 0 Å². The normalized spacial score (nSPS) is 18.4. The van der Waals surface area contributed by atoms with Gasteiger partial charge < -0.3 is 9.26 Å². The Labute approximate surface area is 129 Å². The second kappa shape index (κ2) is 7.98. The zero-order valence-corrected chi connectivity index (χ0v) is 14.0. The molecule has 1 aliphatic rings. The van der Waals surface area contributed by atoms with Crippen LogP contribution in [0.3, 0.4) is 0 Å². The van der Waals surface area contributed by atoms with E-state index in [1.165, 1.54) is 56.9 Å². The van der Waals surface area contributed by atoms with Crippen molar-refractivity contribution in [2.45, 2.75) is 83.5 Å². The molecule has 0 aliphatic carbocycles. The molecule has 0 spiro atoms. The number of aromatic nitrogens is 1. The van der Waals surface area contributed by atoms with Crippen molar-refractivity contribution in [3.05, 3.63) is 17.5 Å². The van der Waals surface area contributed by atoms with Crippen molar-refractivity contribution in [2.75, 3.05) is 13.2 Å². The lowest BCUT2D eigenvalue weighted by atomic mass is 9.78. The fraction of sp³-hybridized carbons (Fsp3) is 0.833. The van der Waals surface area contributed by atoms with Gasteiger partial charge in [0.1, 0.15) is 6.26 Å². The Morgan fingerprint density at radius 3 is 2.43 bits per heavy atom. The van der Waals surface area contributed by atoms with Crippen LogP contribution in [0.2, 0.25) is 0 Å². The summed E-state index contributed by atoms with van der Waals surface area (Å²) in [5.41, 5.74) is 2.59. The number of hydrogen-bond donors (Lipinski definition) is 0. The van der Waals surface area contributed by atoms with Gasteiger partial charge >= 0.3 is 0 Å². The maximum Gasteiger partial charge on any atom is 0.127 e. The van der Waals surface area contributed by atoms with Gasteiger partial charge in [-0.2, -0.15) is 0 Å². The van der Waals surface area contributed by atoms with Gasteiger partial charge in [-0.25, -0.2) is 0 Å². The third-order valence-corrected chi connectivity index (χ3v) is 4.76. The lowest BCUT2D eigenvalue weighted by Crippen LogP contribution is -2.45. The average molecular weight is 293 g/mol. The molecule has 1 saturated heterocycles. The summed E-state index contributed by atoms with van der Waals surface area (Å²) in [6.45, 7) is 8.34. The van der Waals surface area contributed by atoms with Gasteiger partial charge in [0.2, 0.25) is 0 Å². The van der Waals surface area contributed by atoms with Gasteiger partial charge in [0.05, 0.1) is 24.3 Å². The van der Waals surface area contributed by atoms with Gasteiger partial charge in [-0.3, -0.25) is 0 Å². The van der Waals surface area contributed by atoms with Crippen LogP contribution in [0.4, 0.5) is 0 Å². The quantitative estimate of drug-likeness (QED) is 0.556. The van der Waals surface area contributed by atoms with E-state index >= 15 is 0 Å². The van der Waals surface area contributed by atoms with Crippen LogP contribution in [0.1, 0.15) is 89.3 Å². The Morgan fingerprint density at radius 2 is 1.81 bits per heavy atom. The van der Waals surface area contributed by atoms with Gasteiger partial charge in [0, 0.05) is 5.56 Å². The molecule has 1 aromatic rings. The summed E-state index contributed by atoms with van der Waals surface area (Å²) in [5.74, 6) is 0.612. The molecule has 0 radical (unpaired) electrons. The van der Waals surface area contributed by atoms with Crippen LogP contribution >= 0.6 is 0 Å². The first-order valence-corrected chi connectivity index (χ1v) is 8.73. The van der Waals surface area contributed by atoms with E-state index in [2.05, 4.69) is 25.9 Å². The Morgan fingerprint density at radius 1 is 1.10 bits per heavy atom. The molecule has 1 aliphatic heterocycles. The zero-order chi connectivity index (χ0) is 15.1. The van der Waals surface area contributed by atoms with Crippen LogP contribution < -0.4 is 0 Å². The first-order chi connectivity index (χ1) is 10.2. The van der Waals surface area contributed by atoms with Crippen LogP contribution in [0, 0.1) is 0 Å². The van der Waals surface area contributed by atoms with Gasteiger partial charge in [-0.05, 0) is 25.7 Å². The standard InChI is InChI=1S/C18H31NO2/c1-4-6-8-9-11-15(10-7-5-2)16-12-21-19-17(16)18(3)13-20-14-18/h12,15H,4-11,13-14H2,1-3H3. The maximum absolute atomic E-state index is 5.41. The number of hydrogen-bond acceptors (Lipinski definition) is 3. The molecule has 1 unspecified atom stereocenters. The molecule has 120 valence electrons. The van der Waals surface area contributed by atoms with Crippen molar-refractivity contribution < 1.29 is 9.26 Å². The molecule has 0 bridgehead atoms. The molecular formula is C18H31NO2. The molecule has 0 amide bonds. The smallest absolute Gasteiger partial charge is 0.127 e. The Hall–Kier alpha value is -0.830. The van der Waals surface area contributed by atoms with E-state index in [9.17, 15) is 0 Å². The van der Waals surface area contributed by atoms with E-state index in [4.69, 9.17) is 9.26 Å². The monoisotopic (exact) mass is 293 g/mol. The molecule has 0 N–H and O–H groups in total. The Balaban J connectivity index is 2.03. The van der Waals surface area contributed by atoms with E-state index < -0.39 is 0 Å². The van der Waals surface area contributed by atoms with Gasteiger partial charge in [0.15, 0.2) is 0 Å². The molecule has 1 fully saturated rings. The molecule has 1 aromatic heterocycles. The summed E-state index contributed by atoms with van der Waals surface area (Å²) in [5, 5.41) is 4.33. The fourth-order valence-corrected chi connectivity index (χ4v) is 3.26. The highest BCUT2D eigenvalue weighted by molar-refractivity contribution is 5.29. The summed E-state index contributed by atoms with van der Waals surface area (Å²) in [4.78, 5) is 0. The number of unbranched alkanes of at least 4 members (excludes halogenated alkanes) is 4. The van der Waals surface area contributed by atoms with Crippen molar-refractivity contribution in [3.8, 4) is 0 Å². The second-order valence-corrected chi connectivity index (χ2v) is 6.86. The van der Waals surface area contributed by atoms with Crippen LogP contribution in [0.15, 0.2) is 10.8 Å². The summed E-state index contributed by atoms with van der Waals surface area (Å²) in [6, 6.07) is 0. The van der Waals surface area contributed by atoms with E-state index in [1.807, 2.05) is 6.26 Å². The SMILES string of the molecule is CCCCCCC(CCCC)c1conc1C1(C)COC1. The third-order valence-electron chi connectivity index (χ3n) is 4.76. The molecular weight excluding hydrogens is 262 g/mol. The van der Waals surface area contributed by atoms with Crippen molar-refractivity contribution >= 4 is 0 Å². The Kier molecular flexibility index (Phi) is 6.28. The predicted molar refractivity (Wildman–Crippen MR) is 85.7 cm³/mol. The van der Waals surface area contributed by atoms with Crippen LogP contribution in [0.5, 0.6) is 0 Å². The van der Waals surface area contributed by atoms with Crippen LogP contribution in [-0.2, 0) is 10.2 Å². The number of nitrogens with zero attached hydrogens (tertiary/aromatic N) is 1. The van der Waals surface area contributed by atoms with Gasteiger partial charge in [-0.1, -0.05) is 57.5 Å². The summed E-state index contributed by atoms with van der Waals surface area (Å²) < 4.78 is 10.8. The average Bonchev–Trinajstić information content (AvgIpc) is 2.93. The van der Waals surface area contributed by atoms with E-state index in [0.717, 1.165) is 18.9 Å². The third kappa shape index (κ3) is 4.09. The van der Waals surface area contributed by atoms with Crippen LogP contribution in [-0.4, -0.2) is 18.4 Å².